The van der Waals surface area contributed by atoms with Gasteiger partial charge in [0.05, 0.1) is 11.5 Å². The van der Waals surface area contributed by atoms with Crippen LogP contribution >= 0.6 is 0 Å². The number of hydrogen-bond acceptors (Lipinski definition) is 2. The maximum Gasteiger partial charge on any atom is 0.416 e. The lowest BCUT2D eigenvalue weighted by Gasteiger charge is -2.34. The van der Waals surface area contributed by atoms with Gasteiger partial charge >= 0.3 is 12.1 Å². The molecule has 98 valence electrons. The van der Waals surface area contributed by atoms with Crippen LogP contribution in [0.1, 0.15) is 18.4 Å². The zero-order chi connectivity index (χ0) is 13.3. The fourth-order valence-electron chi connectivity index (χ4n) is 1.97. The number of halogens is 3. The summed E-state index contributed by atoms with van der Waals surface area (Å²) in [5, 5.41) is 11.7. The fourth-order valence-corrected chi connectivity index (χ4v) is 1.97. The van der Waals surface area contributed by atoms with Crippen LogP contribution in [0.5, 0.6) is 0 Å². The van der Waals surface area contributed by atoms with Gasteiger partial charge in [0.1, 0.15) is 0 Å². The van der Waals surface area contributed by atoms with Crippen molar-refractivity contribution in [3.8, 4) is 0 Å². The highest BCUT2D eigenvalue weighted by molar-refractivity contribution is 5.73. The monoisotopic (exact) mass is 259 g/mol. The Morgan fingerprint density at radius 2 is 2.06 bits per heavy atom. The molecular weight excluding hydrogens is 247 g/mol. The van der Waals surface area contributed by atoms with Gasteiger partial charge in [-0.15, -0.1) is 0 Å². The van der Waals surface area contributed by atoms with Gasteiger partial charge in [0.2, 0.25) is 0 Å². The number of alkyl halides is 3. The van der Waals surface area contributed by atoms with Crippen molar-refractivity contribution in [1.82, 2.24) is 0 Å². The van der Waals surface area contributed by atoms with Gasteiger partial charge in [0.15, 0.2) is 0 Å². The molecular formula is C12H12F3NO2. The molecule has 0 aliphatic heterocycles. The molecule has 0 radical (unpaired) electrons. The number of benzene rings is 1. The molecule has 0 amide bonds. The van der Waals surface area contributed by atoms with E-state index in [0.717, 1.165) is 12.1 Å². The topological polar surface area (TPSA) is 49.3 Å². The largest absolute Gasteiger partial charge is 0.481 e. The Morgan fingerprint density at radius 3 is 2.56 bits per heavy atom. The molecule has 1 saturated carbocycles. The third-order valence-corrected chi connectivity index (χ3v) is 3.13. The summed E-state index contributed by atoms with van der Waals surface area (Å²) in [4.78, 5) is 10.8. The summed E-state index contributed by atoms with van der Waals surface area (Å²) in [6.45, 7) is 0. The zero-order valence-corrected chi connectivity index (χ0v) is 9.37. The second-order valence-corrected chi connectivity index (χ2v) is 4.35. The molecule has 0 bridgehead atoms. The van der Waals surface area contributed by atoms with Crippen molar-refractivity contribution in [3.63, 3.8) is 0 Å². The van der Waals surface area contributed by atoms with E-state index < -0.39 is 23.6 Å². The van der Waals surface area contributed by atoms with Gasteiger partial charge < -0.3 is 10.4 Å². The average molecular weight is 259 g/mol. The molecule has 3 nitrogen and oxygen atoms in total. The minimum absolute atomic E-state index is 0.286. The average Bonchev–Trinajstić information content (AvgIpc) is 2.23. The Hall–Kier alpha value is -1.72. The number of rotatable bonds is 3. The van der Waals surface area contributed by atoms with Crippen molar-refractivity contribution < 1.29 is 23.1 Å². The van der Waals surface area contributed by atoms with Gasteiger partial charge in [-0.1, -0.05) is 6.07 Å². The maximum absolute atomic E-state index is 12.5. The predicted molar refractivity (Wildman–Crippen MR) is 59.2 cm³/mol. The number of hydrogen-bond donors (Lipinski definition) is 2. The molecule has 0 heterocycles. The first-order chi connectivity index (χ1) is 8.38. The minimum Gasteiger partial charge on any atom is -0.481 e. The number of aliphatic carboxylic acids is 1. The Kier molecular flexibility index (Phi) is 3.19. The normalized spacial score (nSPS) is 23.3. The summed E-state index contributed by atoms with van der Waals surface area (Å²) in [5.74, 6) is -1.43. The van der Waals surface area contributed by atoms with Crippen LogP contribution in [0.25, 0.3) is 0 Å². The summed E-state index contributed by atoms with van der Waals surface area (Å²) in [6.07, 6.45) is -3.16. The first-order valence-corrected chi connectivity index (χ1v) is 5.54. The SMILES string of the molecule is O=C(O)C1CCC1Nc1cccc(C(F)(F)F)c1. The molecule has 1 aliphatic rings. The second-order valence-electron chi connectivity index (χ2n) is 4.35. The molecule has 2 rings (SSSR count). The summed E-state index contributed by atoms with van der Waals surface area (Å²) < 4.78 is 37.5. The Labute approximate surface area is 102 Å². The summed E-state index contributed by atoms with van der Waals surface area (Å²) in [6, 6.07) is 4.51. The lowest BCUT2D eigenvalue weighted by molar-refractivity contribution is -0.145. The quantitative estimate of drug-likeness (QED) is 0.877. The predicted octanol–water partition coefficient (Wildman–Crippen LogP) is 2.98. The number of carboxylic acid groups (broad SMARTS) is 1. The van der Waals surface area contributed by atoms with E-state index in [2.05, 4.69) is 5.32 Å². The van der Waals surface area contributed by atoms with Crippen molar-refractivity contribution in [2.75, 3.05) is 5.32 Å². The van der Waals surface area contributed by atoms with E-state index in [0.29, 0.717) is 18.5 Å². The molecule has 1 aromatic rings. The van der Waals surface area contributed by atoms with Gasteiger partial charge in [-0.05, 0) is 31.0 Å². The number of anilines is 1. The highest BCUT2D eigenvalue weighted by Crippen LogP contribution is 2.33. The maximum atomic E-state index is 12.5. The highest BCUT2D eigenvalue weighted by Gasteiger charge is 2.37. The second kappa shape index (κ2) is 4.51. The first-order valence-electron chi connectivity index (χ1n) is 5.54. The van der Waals surface area contributed by atoms with E-state index in [1.54, 1.807) is 0 Å². The molecule has 2 atom stereocenters. The van der Waals surface area contributed by atoms with Gasteiger partial charge in [-0.3, -0.25) is 4.79 Å². The van der Waals surface area contributed by atoms with E-state index >= 15 is 0 Å². The molecule has 6 heteroatoms. The van der Waals surface area contributed by atoms with Crippen LogP contribution in [0, 0.1) is 5.92 Å². The summed E-state index contributed by atoms with van der Waals surface area (Å²) in [5.41, 5.74) is -0.431. The van der Waals surface area contributed by atoms with Crippen LogP contribution in [0.2, 0.25) is 0 Å². The zero-order valence-electron chi connectivity index (χ0n) is 9.37. The third kappa shape index (κ3) is 2.57. The lowest BCUT2D eigenvalue weighted by atomic mass is 9.79. The van der Waals surface area contributed by atoms with Crippen molar-refractivity contribution >= 4 is 11.7 Å². The smallest absolute Gasteiger partial charge is 0.416 e. The number of carbonyl (C=O) groups is 1. The van der Waals surface area contributed by atoms with Crippen LogP contribution < -0.4 is 5.32 Å². The van der Waals surface area contributed by atoms with Crippen molar-refractivity contribution in [2.45, 2.75) is 25.1 Å². The lowest BCUT2D eigenvalue weighted by Crippen LogP contribution is -2.43. The van der Waals surface area contributed by atoms with Gasteiger partial charge in [-0.25, -0.2) is 0 Å². The molecule has 2 unspecified atom stereocenters. The van der Waals surface area contributed by atoms with Crippen LogP contribution in [-0.4, -0.2) is 17.1 Å². The molecule has 0 aromatic heterocycles. The molecule has 0 saturated heterocycles. The summed E-state index contributed by atoms with van der Waals surface area (Å²) in [7, 11) is 0. The van der Waals surface area contributed by atoms with Crippen LogP contribution in [0.3, 0.4) is 0 Å². The minimum atomic E-state index is -4.39. The Balaban J connectivity index is 2.09. The molecule has 0 spiro atoms. The van der Waals surface area contributed by atoms with Gasteiger partial charge in [0.25, 0.3) is 0 Å². The van der Waals surface area contributed by atoms with Crippen LogP contribution in [-0.2, 0) is 11.0 Å². The first kappa shape index (κ1) is 12.7. The van der Waals surface area contributed by atoms with E-state index in [1.807, 2.05) is 0 Å². The van der Waals surface area contributed by atoms with E-state index in [9.17, 15) is 18.0 Å². The Morgan fingerprint density at radius 1 is 1.33 bits per heavy atom. The number of nitrogens with one attached hydrogen (secondary N) is 1. The highest BCUT2D eigenvalue weighted by atomic mass is 19.4. The molecule has 2 N–H and O–H groups in total. The van der Waals surface area contributed by atoms with Gasteiger partial charge in [-0.2, -0.15) is 13.2 Å². The molecule has 1 aromatic carbocycles. The Bertz CT molecular complexity index is 459. The van der Waals surface area contributed by atoms with Crippen LogP contribution in [0.4, 0.5) is 18.9 Å². The van der Waals surface area contributed by atoms with E-state index in [1.165, 1.54) is 12.1 Å². The molecule has 18 heavy (non-hydrogen) atoms. The molecule has 1 fully saturated rings. The van der Waals surface area contributed by atoms with Crippen molar-refractivity contribution in [2.24, 2.45) is 5.92 Å². The molecule has 1 aliphatic carbocycles. The fraction of sp³-hybridized carbons (Fsp3) is 0.417. The van der Waals surface area contributed by atoms with Crippen LogP contribution in [0.15, 0.2) is 24.3 Å². The third-order valence-electron chi connectivity index (χ3n) is 3.13. The van der Waals surface area contributed by atoms with Crippen molar-refractivity contribution in [1.29, 1.82) is 0 Å². The van der Waals surface area contributed by atoms with Gasteiger partial charge in [0, 0.05) is 11.7 Å². The summed E-state index contributed by atoms with van der Waals surface area (Å²) >= 11 is 0. The van der Waals surface area contributed by atoms with Crippen molar-refractivity contribution in [3.05, 3.63) is 29.8 Å². The number of carboxylic acids is 1. The standard InChI is InChI=1S/C12H12F3NO2/c13-12(14,15)7-2-1-3-8(6-7)16-10-5-4-9(10)11(17)18/h1-3,6,9-10,16H,4-5H2,(H,17,18). The van der Waals surface area contributed by atoms with E-state index in [-0.39, 0.29) is 6.04 Å². The van der Waals surface area contributed by atoms with E-state index in [4.69, 9.17) is 5.11 Å².